The molecule has 0 amide bonds. The number of thioether (sulfide) groups is 1. The van der Waals surface area contributed by atoms with Gasteiger partial charge in [0.2, 0.25) is 0 Å². The van der Waals surface area contributed by atoms with Gasteiger partial charge < -0.3 is 5.73 Å². The fraction of sp³-hybridized carbons (Fsp3) is 1.00. The van der Waals surface area contributed by atoms with Crippen molar-refractivity contribution >= 4 is 11.8 Å². The van der Waals surface area contributed by atoms with E-state index in [-0.39, 0.29) is 0 Å². The van der Waals surface area contributed by atoms with E-state index in [1.807, 2.05) is 11.8 Å². The lowest BCUT2D eigenvalue weighted by atomic mass is 9.68. The van der Waals surface area contributed by atoms with Crippen LogP contribution in [0.4, 0.5) is 0 Å². The summed E-state index contributed by atoms with van der Waals surface area (Å²) < 4.78 is 0. The molecule has 1 aliphatic heterocycles. The lowest BCUT2D eigenvalue weighted by Gasteiger charge is -2.46. The Morgan fingerprint density at radius 2 is 1.78 bits per heavy atom. The number of piperidine rings is 1. The fourth-order valence-corrected chi connectivity index (χ4v) is 4.38. The highest BCUT2D eigenvalue weighted by molar-refractivity contribution is 7.98. The van der Waals surface area contributed by atoms with Gasteiger partial charge in [0, 0.05) is 12.6 Å². The molecule has 1 spiro atoms. The van der Waals surface area contributed by atoms with Gasteiger partial charge in [0.1, 0.15) is 0 Å². The third kappa shape index (κ3) is 3.64. The van der Waals surface area contributed by atoms with Gasteiger partial charge in [-0.15, -0.1) is 0 Å². The molecule has 0 aromatic rings. The summed E-state index contributed by atoms with van der Waals surface area (Å²) in [5, 5.41) is 0. The quantitative estimate of drug-likeness (QED) is 0.832. The molecule has 2 aliphatic rings. The predicted octanol–water partition coefficient (Wildman–Crippen LogP) is 3.11. The van der Waals surface area contributed by atoms with Crippen LogP contribution in [0.5, 0.6) is 0 Å². The van der Waals surface area contributed by atoms with Crippen molar-refractivity contribution in [3.05, 3.63) is 0 Å². The summed E-state index contributed by atoms with van der Waals surface area (Å²) in [5.74, 6) is 1.25. The van der Waals surface area contributed by atoms with Crippen molar-refractivity contribution in [2.75, 3.05) is 31.6 Å². The molecule has 1 atom stereocenters. The van der Waals surface area contributed by atoms with Gasteiger partial charge in [-0.25, -0.2) is 0 Å². The van der Waals surface area contributed by atoms with E-state index >= 15 is 0 Å². The number of likely N-dealkylation sites (tertiary alicyclic amines) is 1. The first kappa shape index (κ1) is 14.7. The van der Waals surface area contributed by atoms with Crippen LogP contribution < -0.4 is 5.73 Å². The molecule has 18 heavy (non-hydrogen) atoms. The molecule has 1 heterocycles. The van der Waals surface area contributed by atoms with Gasteiger partial charge in [-0.2, -0.15) is 11.8 Å². The summed E-state index contributed by atoms with van der Waals surface area (Å²) in [4.78, 5) is 2.68. The predicted molar refractivity (Wildman–Crippen MR) is 82.2 cm³/mol. The second-order valence-electron chi connectivity index (χ2n) is 6.27. The third-order valence-corrected chi connectivity index (χ3v) is 5.86. The van der Waals surface area contributed by atoms with Crippen LogP contribution in [0.3, 0.4) is 0 Å². The minimum absolute atomic E-state index is 0.637. The minimum Gasteiger partial charge on any atom is -0.329 e. The van der Waals surface area contributed by atoms with Crippen molar-refractivity contribution < 1.29 is 0 Å². The van der Waals surface area contributed by atoms with Crippen LogP contribution in [0.1, 0.15) is 51.4 Å². The van der Waals surface area contributed by atoms with Crippen LogP contribution in [0.15, 0.2) is 0 Å². The molecule has 0 bridgehead atoms. The molecule has 2 rings (SSSR count). The first-order valence-corrected chi connectivity index (χ1v) is 9.12. The van der Waals surface area contributed by atoms with E-state index < -0.39 is 0 Å². The van der Waals surface area contributed by atoms with Gasteiger partial charge in [-0.05, 0) is 62.6 Å². The number of rotatable bonds is 5. The summed E-state index contributed by atoms with van der Waals surface area (Å²) in [7, 11) is 0. The maximum atomic E-state index is 5.96. The van der Waals surface area contributed by atoms with E-state index in [0.717, 1.165) is 12.0 Å². The third-order valence-electron chi connectivity index (χ3n) is 5.22. The van der Waals surface area contributed by atoms with Gasteiger partial charge >= 0.3 is 0 Å². The van der Waals surface area contributed by atoms with E-state index in [1.165, 1.54) is 70.2 Å². The Balaban J connectivity index is 1.80. The molecule has 2 fully saturated rings. The van der Waals surface area contributed by atoms with Crippen molar-refractivity contribution in [1.82, 2.24) is 4.90 Å². The van der Waals surface area contributed by atoms with Crippen LogP contribution in [0, 0.1) is 5.41 Å². The first-order valence-electron chi connectivity index (χ1n) is 7.73. The van der Waals surface area contributed by atoms with Crippen LogP contribution in [-0.4, -0.2) is 42.6 Å². The molecule has 2 N–H and O–H groups in total. The Bertz CT molecular complexity index is 229. The summed E-state index contributed by atoms with van der Waals surface area (Å²) >= 11 is 1.95. The molecule has 1 unspecified atom stereocenters. The van der Waals surface area contributed by atoms with Crippen molar-refractivity contribution in [3.8, 4) is 0 Å². The Kier molecular flexibility index (Phi) is 5.84. The Hall–Kier alpha value is 0.270. The van der Waals surface area contributed by atoms with Crippen molar-refractivity contribution in [1.29, 1.82) is 0 Å². The first-order chi connectivity index (χ1) is 8.79. The normalized spacial score (nSPS) is 26.3. The Morgan fingerprint density at radius 3 is 2.33 bits per heavy atom. The number of nitrogens with two attached hydrogens (primary N) is 1. The van der Waals surface area contributed by atoms with Crippen LogP contribution in [0.2, 0.25) is 0 Å². The van der Waals surface area contributed by atoms with E-state index in [1.54, 1.807) is 0 Å². The topological polar surface area (TPSA) is 29.3 Å². The number of nitrogens with zero attached hydrogens (tertiary/aromatic N) is 1. The summed E-state index contributed by atoms with van der Waals surface area (Å²) in [5.41, 5.74) is 6.69. The van der Waals surface area contributed by atoms with Crippen LogP contribution in [0.25, 0.3) is 0 Å². The molecule has 1 saturated heterocycles. The molecule has 0 aromatic heterocycles. The van der Waals surface area contributed by atoms with E-state index in [0.29, 0.717) is 6.04 Å². The van der Waals surface area contributed by atoms with Crippen molar-refractivity contribution in [3.63, 3.8) is 0 Å². The zero-order valence-corrected chi connectivity index (χ0v) is 12.8. The van der Waals surface area contributed by atoms with Crippen LogP contribution >= 0.6 is 11.8 Å². The molecule has 1 saturated carbocycles. The zero-order chi connectivity index (χ0) is 12.8. The summed E-state index contributed by atoms with van der Waals surface area (Å²) in [6.45, 7) is 3.44. The van der Waals surface area contributed by atoms with Crippen LogP contribution in [-0.2, 0) is 0 Å². The molecule has 1 aliphatic carbocycles. The maximum Gasteiger partial charge on any atom is 0.0226 e. The molecule has 3 heteroatoms. The SMILES string of the molecule is CSCCC(CN)N1CCC2(CCCCC2)CC1. The molecular formula is C15H30N2S. The zero-order valence-electron chi connectivity index (χ0n) is 12.0. The maximum absolute atomic E-state index is 5.96. The van der Waals surface area contributed by atoms with Gasteiger partial charge in [0.05, 0.1) is 0 Å². The molecule has 0 radical (unpaired) electrons. The Labute approximate surface area is 117 Å². The lowest BCUT2D eigenvalue weighted by molar-refractivity contribution is 0.0461. The Morgan fingerprint density at radius 1 is 1.11 bits per heavy atom. The fourth-order valence-electron chi connectivity index (χ4n) is 3.87. The van der Waals surface area contributed by atoms with E-state index in [2.05, 4.69) is 11.2 Å². The average Bonchev–Trinajstić information content (AvgIpc) is 2.43. The minimum atomic E-state index is 0.637. The highest BCUT2D eigenvalue weighted by Crippen LogP contribution is 2.44. The molecule has 2 nitrogen and oxygen atoms in total. The van der Waals surface area contributed by atoms with Gasteiger partial charge in [0.25, 0.3) is 0 Å². The largest absolute Gasteiger partial charge is 0.329 e. The highest BCUT2D eigenvalue weighted by Gasteiger charge is 2.36. The second kappa shape index (κ2) is 7.16. The van der Waals surface area contributed by atoms with E-state index in [9.17, 15) is 0 Å². The summed E-state index contributed by atoms with van der Waals surface area (Å²) in [6.07, 6.45) is 13.8. The molecule has 0 aromatic carbocycles. The smallest absolute Gasteiger partial charge is 0.0226 e. The lowest BCUT2D eigenvalue weighted by Crippen LogP contribution is -2.48. The second-order valence-corrected chi connectivity index (χ2v) is 7.25. The monoisotopic (exact) mass is 270 g/mol. The van der Waals surface area contributed by atoms with Crippen molar-refractivity contribution in [2.45, 2.75) is 57.4 Å². The van der Waals surface area contributed by atoms with Gasteiger partial charge in [0.15, 0.2) is 0 Å². The molecule has 106 valence electrons. The van der Waals surface area contributed by atoms with Crippen molar-refractivity contribution in [2.24, 2.45) is 11.1 Å². The summed E-state index contributed by atoms with van der Waals surface area (Å²) in [6, 6.07) is 0.637. The average molecular weight is 270 g/mol. The van der Waals surface area contributed by atoms with E-state index in [4.69, 9.17) is 5.73 Å². The highest BCUT2D eigenvalue weighted by atomic mass is 32.2. The number of hydrogen-bond donors (Lipinski definition) is 1. The van der Waals surface area contributed by atoms with Gasteiger partial charge in [-0.3, -0.25) is 4.90 Å². The molecular weight excluding hydrogens is 240 g/mol. The standard InChI is InChI=1S/C15H30N2S/c1-18-12-5-14(13-16)17-10-8-15(9-11-17)6-3-2-4-7-15/h14H,2-13,16H2,1H3. The van der Waals surface area contributed by atoms with Gasteiger partial charge in [-0.1, -0.05) is 19.3 Å². The number of hydrogen-bond acceptors (Lipinski definition) is 3.